The summed E-state index contributed by atoms with van der Waals surface area (Å²) < 4.78 is 5.35. The third kappa shape index (κ3) is 4.34. The molecular formula is C19H21N3O2. The minimum absolute atomic E-state index is 0.123. The lowest BCUT2D eigenvalue weighted by molar-refractivity contribution is -0.120. The third-order valence-corrected chi connectivity index (χ3v) is 3.91. The van der Waals surface area contributed by atoms with Crippen LogP contribution in [-0.2, 0) is 11.3 Å². The van der Waals surface area contributed by atoms with Crippen LogP contribution in [0.2, 0.25) is 0 Å². The van der Waals surface area contributed by atoms with Crippen LogP contribution in [0, 0.1) is 11.3 Å². The maximum atomic E-state index is 12.4. The molecule has 24 heavy (non-hydrogen) atoms. The molecule has 0 saturated carbocycles. The molecule has 0 spiro atoms. The molecule has 2 aromatic rings. The van der Waals surface area contributed by atoms with Crippen LogP contribution in [0.25, 0.3) is 0 Å². The van der Waals surface area contributed by atoms with Crippen molar-refractivity contribution >= 4 is 11.6 Å². The van der Waals surface area contributed by atoms with E-state index in [4.69, 9.17) is 10.00 Å². The summed E-state index contributed by atoms with van der Waals surface area (Å²) >= 11 is 0. The number of nitrogens with one attached hydrogen (secondary N) is 1. The number of rotatable bonds is 6. The van der Waals surface area contributed by atoms with Crippen molar-refractivity contribution < 1.29 is 9.53 Å². The van der Waals surface area contributed by atoms with Crippen LogP contribution in [0.15, 0.2) is 48.5 Å². The zero-order valence-electron chi connectivity index (χ0n) is 14.1. The van der Waals surface area contributed by atoms with Crippen molar-refractivity contribution in [3.05, 3.63) is 59.7 Å². The smallest absolute Gasteiger partial charge is 0.241 e. The molecule has 2 rings (SSSR count). The molecular weight excluding hydrogens is 302 g/mol. The Morgan fingerprint density at radius 1 is 1.29 bits per heavy atom. The lowest BCUT2D eigenvalue weighted by atomic mass is 10.1. The highest BCUT2D eigenvalue weighted by molar-refractivity contribution is 5.94. The second kappa shape index (κ2) is 8.14. The standard InChI is InChI=1S/C19H21N3O2/c1-14(19(23)21-17-9-6-7-15(11-17)12-20)22(2)13-16-8-4-5-10-18(16)24-3/h4-11,14H,13H2,1-3H3,(H,21,23). The van der Waals surface area contributed by atoms with Crippen LogP contribution >= 0.6 is 0 Å². The Bertz CT molecular complexity index is 752. The highest BCUT2D eigenvalue weighted by Crippen LogP contribution is 2.20. The van der Waals surface area contributed by atoms with Crippen molar-refractivity contribution in [3.63, 3.8) is 0 Å². The molecule has 1 unspecified atom stereocenters. The number of likely N-dealkylation sites (N-methyl/N-ethyl adjacent to an activating group) is 1. The van der Waals surface area contributed by atoms with Crippen LogP contribution in [0.4, 0.5) is 5.69 Å². The van der Waals surface area contributed by atoms with Gasteiger partial charge in [-0.15, -0.1) is 0 Å². The number of methoxy groups -OCH3 is 1. The quantitative estimate of drug-likeness (QED) is 0.887. The Morgan fingerprint density at radius 2 is 2.04 bits per heavy atom. The van der Waals surface area contributed by atoms with E-state index in [1.807, 2.05) is 43.1 Å². The molecule has 0 saturated heterocycles. The topological polar surface area (TPSA) is 65.4 Å². The maximum absolute atomic E-state index is 12.4. The molecule has 0 radical (unpaired) electrons. The van der Waals surface area contributed by atoms with E-state index in [0.717, 1.165) is 11.3 Å². The van der Waals surface area contributed by atoms with Gasteiger partial charge in [0.15, 0.2) is 0 Å². The number of ether oxygens (including phenoxy) is 1. The van der Waals surface area contributed by atoms with E-state index < -0.39 is 0 Å². The van der Waals surface area contributed by atoms with Gasteiger partial charge >= 0.3 is 0 Å². The first kappa shape index (κ1) is 17.5. The van der Waals surface area contributed by atoms with Crippen LogP contribution in [0.1, 0.15) is 18.1 Å². The minimum atomic E-state index is -0.333. The first-order chi connectivity index (χ1) is 11.5. The zero-order valence-corrected chi connectivity index (χ0v) is 14.1. The fraction of sp³-hybridized carbons (Fsp3) is 0.263. The molecule has 2 aromatic carbocycles. The number of anilines is 1. The van der Waals surface area contributed by atoms with Crippen molar-refractivity contribution in [2.24, 2.45) is 0 Å². The minimum Gasteiger partial charge on any atom is -0.496 e. The molecule has 1 atom stereocenters. The summed E-state index contributed by atoms with van der Waals surface area (Å²) in [5, 5.41) is 11.8. The molecule has 1 N–H and O–H groups in total. The van der Waals surface area contributed by atoms with E-state index in [9.17, 15) is 4.79 Å². The summed E-state index contributed by atoms with van der Waals surface area (Å²) in [6.45, 7) is 2.44. The maximum Gasteiger partial charge on any atom is 0.241 e. The lowest BCUT2D eigenvalue weighted by Crippen LogP contribution is -2.39. The normalized spacial score (nSPS) is 11.6. The highest BCUT2D eigenvalue weighted by atomic mass is 16.5. The number of benzene rings is 2. The Morgan fingerprint density at radius 3 is 2.75 bits per heavy atom. The number of nitrogens with zero attached hydrogens (tertiary/aromatic N) is 2. The Balaban J connectivity index is 2.03. The van der Waals surface area contributed by atoms with Crippen LogP contribution < -0.4 is 10.1 Å². The number of hydrogen-bond donors (Lipinski definition) is 1. The summed E-state index contributed by atoms with van der Waals surface area (Å²) in [5.41, 5.74) is 2.16. The van der Waals surface area contributed by atoms with E-state index in [1.165, 1.54) is 0 Å². The molecule has 0 heterocycles. The van der Waals surface area contributed by atoms with Crippen molar-refractivity contribution in [1.29, 1.82) is 5.26 Å². The average molecular weight is 323 g/mol. The van der Waals surface area contributed by atoms with Crippen molar-refractivity contribution in [2.45, 2.75) is 19.5 Å². The van der Waals surface area contributed by atoms with Gasteiger partial charge in [-0.25, -0.2) is 0 Å². The van der Waals surface area contributed by atoms with Gasteiger partial charge in [-0.3, -0.25) is 9.69 Å². The summed E-state index contributed by atoms with van der Waals surface area (Å²) in [6, 6.07) is 16.4. The van der Waals surface area contributed by atoms with Gasteiger partial charge in [0.1, 0.15) is 5.75 Å². The molecule has 0 aliphatic carbocycles. The fourth-order valence-corrected chi connectivity index (χ4v) is 2.35. The van der Waals surface area contributed by atoms with Crippen LogP contribution in [0.5, 0.6) is 5.75 Å². The Kier molecular flexibility index (Phi) is 5.94. The molecule has 0 aromatic heterocycles. The van der Waals surface area contributed by atoms with E-state index >= 15 is 0 Å². The fourth-order valence-electron chi connectivity index (χ4n) is 2.35. The van der Waals surface area contributed by atoms with Crippen LogP contribution in [0.3, 0.4) is 0 Å². The molecule has 124 valence electrons. The van der Waals surface area contributed by atoms with Gasteiger partial charge in [-0.05, 0) is 38.2 Å². The van der Waals surface area contributed by atoms with E-state index in [1.54, 1.807) is 31.4 Å². The molecule has 0 aliphatic heterocycles. The second-order valence-corrected chi connectivity index (χ2v) is 5.58. The third-order valence-electron chi connectivity index (χ3n) is 3.91. The molecule has 5 heteroatoms. The van der Waals surface area contributed by atoms with Gasteiger partial charge in [-0.2, -0.15) is 5.26 Å². The monoisotopic (exact) mass is 323 g/mol. The second-order valence-electron chi connectivity index (χ2n) is 5.58. The van der Waals surface area contributed by atoms with Crippen molar-refractivity contribution in [3.8, 4) is 11.8 Å². The predicted octanol–water partition coefficient (Wildman–Crippen LogP) is 3.03. The van der Waals surface area contributed by atoms with E-state index in [2.05, 4.69) is 11.4 Å². The van der Waals surface area contributed by atoms with E-state index in [-0.39, 0.29) is 11.9 Å². The molecule has 1 amide bonds. The largest absolute Gasteiger partial charge is 0.496 e. The lowest BCUT2D eigenvalue weighted by Gasteiger charge is -2.24. The number of para-hydroxylation sites is 1. The van der Waals surface area contributed by atoms with Crippen molar-refractivity contribution in [1.82, 2.24) is 4.90 Å². The van der Waals surface area contributed by atoms with Gasteiger partial charge in [0.25, 0.3) is 0 Å². The predicted molar refractivity (Wildman–Crippen MR) is 93.7 cm³/mol. The molecule has 0 fully saturated rings. The first-order valence-electron chi connectivity index (χ1n) is 7.68. The Labute approximate surface area is 142 Å². The van der Waals surface area contributed by atoms with Gasteiger partial charge in [0, 0.05) is 17.8 Å². The molecule has 0 aliphatic rings. The summed E-state index contributed by atoms with van der Waals surface area (Å²) in [6.07, 6.45) is 0. The van der Waals surface area contributed by atoms with Crippen molar-refractivity contribution in [2.75, 3.05) is 19.5 Å². The number of carbonyl (C=O) groups excluding carboxylic acids is 1. The van der Waals surface area contributed by atoms with Gasteiger partial charge < -0.3 is 10.1 Å². The molecule has 5 nitrogen and oxygen atoms in total. The Hall–Kier alpha value is -2.84. The zero-order chi connectivity index (χ0) is 17.5. The summed E-state index contributed by atoms with van der Waals surface area (Å²) in [7, 11) is 3.53. The van der Waals surface area contributed by atoms with Gasteiger partial charge in [0.05, 0.1) is 24.8 Å². The first-order valence-corrected chi connectivity index (χ1v) is 7.68. The van der Waals surface area contributed by atoms with Gasteiger partial charge in [0.2, 0.25) is 5.91 Å². The number of amides is 1. The number of nitriles is 1. The number of hydrogen-bond acceptors (Lipinski definition) is 4. The van der Waals surface area contributed by atoms with E-state index in [0.29, 0.717) is 17.8 Å². The highest BCUT2D eigenvalue weighted by Gasteiger charge is 2.19. The van der Waals surface area contributed by atoms with Crippen LogP contribution in [-0.4, -0.2) is 31.0 Å². The number of carbonyl (C=O) groups is 1. The van der Waals surface area contributed by atoms with Gasteiger partial charge in [-0.1, -0.05) is 24.3 Å². The molecule has 0 bridgehead atoms. The summed E-state index contributed by atoms with van der Waals surface area (Å²) in [4.78, 5) is 14.4. The SMILES string of the molecule is COc1ccccc1CN(C)C(C)C(=O)Nc1cccc(C#N)c1. The summed E-state index contributed by atoms with van der Waals surface area (Å²) in [5.74, 6) is 0.682. The average Bonchev–Trinajstić information content (AvgIpc) is 2.61.